The van der Waals surface area contributed by atoms with Crippen molar-refractivity contribution in [3.63, 3.8) is 0 Å². The molecular formula is C20H25N3O2. The molecule has 3 heterocycles. The minimum Gasteiger partial charge on any atom is -0.491 e. The Balaban J connectivity index is 1.33. The third kappa shape index (κ3) is 3.99. The predicted molar refractivity (Wildman–Crippen MR) is 95.2 cm³/mol. The van der Waals surface area contributed by atoms with Crippen molar-refractivity contribution in [2.45, 2.75) is 38.0 Å². The van der Waals surface area contributed by atoms with Gasteiger partial charge in [-0.2, -0.15) is 0 Å². The molecule has 0 bridgehead atoms. The SMILES string of the molecule is C[C@]1(COc2ccccc2)C[C@@H]2CN(Cc3cnccn3)CC[C@@H]2O1. The first-order valence-corrected chi connectivity index (χ1v) is 9.03. The molecule has 2 saturated heterocycles. The Hall–Kier alpha value is -1.98. The molecule has 2 fully saturated rings. The lowest BCUT2D eigenvalue weighted by Gasteiger charge is -2.33. The van der Waals surface area contributed by atoms with Crippen LogP contribution >= 0.6 is 0 Å². The molecule has 1 aromatic heterocycles. The maximum atomic E-state index is 6.39. The number of benzene rings is 1. The van der Waals surface area contributed by atoms with Crippen LogP contribution < -0.4 is 4.74 Å². The highest BCUT2D eigenvalue weighted by Crippen LogP contribution is 2.39. The van der Waals surface area contributed by atoms with Crippen molar-refractivity contribution >= 4 is 0 Å². The van der Waals surface area contributed by atoms with E-state index in [0.29, 0.717) is 18.6 Å². The molecule has 1 aromatic carbocycles. The molecule has 3 atom stereocenters. The van der Waals surface area contributed by atoms with Crippen LogP contribution in [0.1, 0.15) is 25.5 Å². The van der Waals surface area contributed by atoms with Crippen LogP contribution in [0.4, 0.5) is 0 Å². The van der Waals surface area contributed by atoms with Gasteiger partial charge < -0.3 is 9.47 Å². The molecule has 5 nitrogen and oxygen atoms in total. The third-order valence-electron chi connectivity index (χ3n) is 5.17. The average Bonchev–Trinajstić information content (AvgIpc) is 2.98. The molecule has 5 heteroatoms. The fraction of sp³-hybridized carbons (Fsp3) is 0.500. The van der Waals surface area contributed by atoms with Gasteiger partial charge in [0.05, 0.1) is 11.8 Å². The van der Waals surface area contributed by atoms with Gasteiger partial charge >= 0.3 is 0 Å². The summed E-state index contributed by atoms with van der Waals surface area (Å²) >= 11 is 0. The number of ether oxygens (including phenoxy) is 2. The van der Waals surface area contributed by atoms with Crippen molar-refractivity contribution in [3.05, 3.63) is 54.6 Å². The van der Waals surface area contributed by atoms with E-state index < -0.39 is 0 Å². The van der Waals surface area contributed by atoms with E-state index in [1.165, 1.54) is 0 Å². The fourth-order valence-electron chi connectivity index (χ4n) is 4.04. The van der Waals surface area contributed by atoms with Crippen molar-refractivity contribution in [1.82, 2.24) is 14.9 Å². The number of rotatable bonds is 5. The summed E-state index contributed by atoms with van der Waals surface area (Å²) in [5.41, 5.74) is 0.836. The molecule has 0 spiro atoms. The summed E-state index contributed by atoms with van der Waals surface area (Å²) in [5, 5.41) is 0. The van der Waals surface area contributed by atoms with Gasteiger partial charge in [0.2, 0.25) is 0 Å². The van der Waals surface area contributed by atoms with E-state index in [9.17, 15) is 0 Å². The van der Waals surface area contributed by atoms with Gasteiger partial charge in [0.15, 0.2) is 0 Å². The molecule has 0 aliphatic carbocycles. The van der Waals surface area contributed by atoms with Gasteiger partial charge in [0.1, 0.15) is 18.0 Å². The number of hydrogen-bond donors (Lipinski definition) is 0. The second-order valence-electron chi connectivity index (χ2n) is 7.39. The van der Waals surface area contributed by atoms with Crippen LogP contribution in [0.25, 0.3) is 0 Å². The number of likely N-dealkylation sites (tertiary alicyclic amines) is 1. The molecule has 4 rings (SSSR count). The number of para-hydroxylation sites is 1. The Kier molecular flexibility index (Phi) is 4.68. The summed E-state index contributed by atoms with van der Waals surface area (Å²) in [6, 6.07) is 9.98. The lowest BCUT2D eigenvalue weighted by Crippen LogP contribution is -2.40. The molecule has 0 radical (unpaired) electrons. The predicted octanol–water partition coefficient (Wildman–Crippen LogP) is 2.93. The maximum absolute atomic E-state index is 6.39. The lowest BCUT2D eigenvalue weighted by atomic mass is 9.89. The summed E-state index contributed by atoms with van der Waals surface area (Å²) in [6.45, 7) is 5.76. The van der Waals surface area contributed by atoms with Crippen LogP contribution in [0.2, 0.25) is 0 Å². The smallest absolute Gasteiger partial charge is 0.119 e. The summed E-state index contributed by atoms with van der Waals surface area (Å²) in [4.78, 5) is 11.0. The van der Waals surface area contributed by atoms with E-state index in [0.717, 1.165) is 43.9 Å². The van der Waals surface area contributed by atoms with Crippen LogP contribution in [0.3, 0.4) is 0 Å². The zero-order valence-corrected chi connectivity index (χ0v) is 14.7. The molecule has 25 heavy (non-hydrogen) atoms. The molecule has 0 amide bonds. The highest BCUT2D eigenvalue weighted by molar-refractivity contribution is 5.21. The molecular weight excluding hydrogens is 314 g/mol. The van der Waals surface area contributed by atoms with Crippen LogP contribution in [0.15, 0.2) is 48.9 Å². The first-order valence-electron chi connectivity index (χ1n) is 9.03. The van der Waals surface area contributed by atoms with Gasteiger partial charge in [-0.15, -0.1) is 0 Å². The number of piperidine rings is 1. The zero-order valence-electron chi connectivity index (χ0n) is 14.7. The van der Waals surface area contributed by atoms with Crippen LogP contribution in [0, 0.1) is 5.92 Å². The highest BCUT2D eigenvalue weighted by Gasteiger charge is 2.46. The molecule has 0 unspecified atom stereocenters. The highest BCUT2D eigenvalue weighted by atomic mass is 16.6. The van der Waals surface area contributed by atoms with Crippen molar-refractivity contribution in [2.24, 2.45) is 5.92 Å². The van der Waals surface area contributed by atoms with Crippen LogP contribution in [-0.2, 0) is 11.3 Å². The van der Waals surface area contributed by atoms with Gasteiger partial charge in [-0.05, 0) is 31.9 Å². The van der Waals surface area contributed by atoms with Crippen LogP contribution in [-0.4, -0.2) is 46.3 Å². The Morgan fingerprint density at radius 2 is 2.16 bits per heavy atom. The molecule has 0 saturated carbocycles. The number of hydrogen-bond acceptors (Lipinski definition) is 5. The summed E-state index contributed by atoms with van der Waals surface area (Å²) in [6.07, 6.45) is 7.81. The first kappa shape index (κ1) is 16.5. The quantitative estimate of drug-likeness (QED) is 0.838. The first-order chi connectivity index (χ1) is 12.2. The van der Waals surface area contributed by atoms with Gasteiger partial charge in [0, 0.05) is 44.1 Å². The molecule has 2 aliphatic rings. The Morgan fingerprint density at radius 3 is 2.96 bits per heavy atom. The zero-order chi connectivity index (χ0) is 17.1. The second-order valence-corrected chi connectivity index (χ2v) is 7.39. The molecule has 0 N–H and O–H groups in total. The number of aromatic nitrogens is 2. The van der Waals surface area contributed by atoms with Crippen molar-refractivity contribution in [3.8, 4) is 5.75 Å². The molecule has 132 valence electrons. The molecule has 2 aromatic rings. The van der Waals surface area contributed by atoms with Crippen molar-refractivity contribution < 1.29 is 9.47 Å². The van der Waals surface area contributed by atoms with E-state index >= 15 is 0 Å². The largest absolute Gasteiger partial charge is 0.491 e. The van der Waals surface area contributed by atoms with Crippen molar-refractivity contribution in [2.75, 3.05) is 19.7 Å². The van der Waals surface area contributed by atoms with Crippen LogP contribution in [0.5, 0.6) is 5.75 Å². The lowest BCUT2D eigenvalue weighted by molar-refractivity contribution is -0.0698. The van der Waals surface area contributed by atoms with Gasteiger partial charge in [-0.1, -0.05) is 18.2 Å². The van der Waals surface area contributed by atoms with E-state index in [4.69, 9.17) is 9.47 Å². The Labute approximate surface area is 149 Å². The number of nitrogens with zero attached hydrogens (tertiary/aromatic N) is 3. The average molecular weight is 339 g/mol. The fourth-order valence-corrected chi connectivity index (χ4v) is 4.04. The third-order valence-corrected chi connectivity index (χ3v) is 5.17. The normalized spacial score (nSPS) is 29.3. The topological polar surface area (TPSA) is 47.5 Å². The summed E-state index contributed by atoms with van der Waals surface area (Å²) in [7, 11) is 0. The summed E-state index contributed by atoms with van der Waals surface area (Å²) in [5.74, 6) is 1.47. The van der Waals surface area contributed by atoms with E-state index in [2.05, 4.69) is 21.8 Å². The van der Waals surface area contributed by atoms with Crippen molar-refractivity contribution in [1.29, 1.82) is 0 Å². The Bertz CT molecular complexity index is 682. The molecule has 2 aliphatic heterocycles. The standard InChI is InChI=1S/C20H25N3O2/c1-20(15-24-18-5-3-2-4-6-18)11-16-13-23(10-7-19(16)25-20)14-17-12-21-8-9-22-17/h2-6,8-9,12,16,19H,7,10-11,13-15H2,1H3/t16-,19+,20-/m1/s1. The van der Waals surface area contributed by atoms with Gasteiger partial charge in [-0.25, -0.2) is 0 Å². The minimum absolute atomic E-state index is 0.201. The number of fused-ring (bicyclic) bond motifs is 1. The van der Waals surface area contributed by atoms with E-state index in [-0.39, 0.29) is 5.60 Å². The van der Waals surface area contributed by atoms with Gasteiger partial charge in [0.25, 0.3) is 0 Å². The van der Waals surface area contributed by atoms with E-state index in [1.807, 2.05) is 36.5 Å². The maximum Gasteiger partial charge on any atom is 0.119 e. The summed E-state index contributed by atoms with van der Waals surface area (Å²) < 4.78 is 12.4. The Morgan fingerprint density at radius 1 is 1.28 bits per heavy atom. The monoisotopic (exact) mass is 339 g/mol. The van der Waals surface area contributed by atoms with Gasteiger partial charge in [-0.3, -0.25) is 14.9 Å². The second kappa shape index (κ2) is 7.10. The minimum atomic E-state index is -0.201. The van der Waals surface area contributed by atoms with E-state index in [1.54, 1.807) is 12.4 Å².